The first-order valence-corrected chi connectivity index (χ1v) is 6.15. The van der Waals surface area contributed by atoms with Crippen LogP contribution < -0.4 is 10.6 Å². The predicted octanol–water partition coefficient (Wildman–Crippen LogP) is 1.51. The molecule has 5 heteroatoms. The number of hydrogen-bond donors (Lipinski definition) is 1. The Morgan fingerprint density at radius 1 is 1.28 bits per heavy atom. The number of hydrogen-bond acceptors (Lipinski definition) is 4. The Bertz CT molecular complexity index is 483. The molecule has 0 atom stereocenters. The van der Waals surface area contributed by atoms with Crippen LogP contribution in [0.5, 0.6) is 0 Å². The summed E-state index contributed by atoms with van der Waals surface area (Å²) in [6, 6.07) is 6.70. The molecule has 0 aliphatic carbocycles. The summed E-state index contributed by atoms with van der Waals surface area (Å²) in [4.78, 5) is 6.16. The molecule has 0 aromatic heterocycles. The highest BCUT2D eigenvalue weighted by Gasteiger charge is 2.44. The Hall–Kier alpha value is -1.62. The summed E-state index contributed by atoms with van der Waals surface area (Å²) in [6.45, 7) is 1.97. The molecule has 2 heterocycles. The first-order valence-electron chi connectivity index (χ1n) is 6.15. The maximum absolute atomic E-state index is 14.0. The van der Waals surface area contributed by atoms with Crippen LogP contribution in [0.3, 0.4) is 0 Å². The van der Waals surface area contributed by atoms with Crippen molar-refractivity contribution in [1.82, 2.24) is 0 Å². The number of halogens is 1. The number of nitrogens with zero attached hydrogens (tertiary/aromatic N) is 2. The number of benzene rings is 1. The summed E-state index contributed by atoms with van der Waals surface area (Å²) in [7, 11) is 0. The summed E-state index contributed by atoms with van der Waals surface area (Å²) < 4.78 is 19.4. The first-order chi connectivity index (χ1) is 8.73. The van der Waals surface area contributed by atoms with Crippen molar-refractivity contribution in [1.29, 1.82) is 0 Å². The summed E-state index contributed by atoms with van der Waals surface area (Å²) >= 11 is 0. The van der Waals surface area contributed by atoms with Gasteiger partial charge in [-0.05, 0) is 25.0 Å². The van der Waals surface area contributed by atoms with E-state index in [-0.39, 0.29) is 11.4 Å². The van der Waals surface area contributed by atoms with Crippen molar-refractivity contribution in [3.63, 3.8) is 0 Å². The van der Waals surface area contributed by atoms with Crippen LogP contribution in [0.2, 0.25) is 0 Å². The molecule has 1 spiro atoms. The van der Waals surface area contributed by atoms with Crippen LogP contribution in [-0.4, -0.2) is 31.3 Å². The number of ether oxygens (including phenoxy) is 1. The van der Waals surface area contributed by atoms with Crippen molar-refractivity contribution in [2.24, 2.45) is 10.7 Å². The number of rotatable bonds is 1. The lowest BCUT2D eigenvalue weighted by molar-refractivity contribution is 0.0593. The SMILES string of the molecule is NC1=NCC2(CCOCC2)N1c1ccccc1F. The van der Waals surface area contributed by atoms with E-state index in [0.717, 1.165) is 12.8 Å². The van der Waals surface area contributed by atoms with E-state index < -0.39 is 0 Å². The van der Waals surface area contributed by atoms with Gasteiger partial charge in [0.2, 0.25) is 0 Å². The zero-order valence-corrected chi connectivity index (χ0v) is 10.1. The van der Waals surface area contributed by atoms with E-state index in [2.05, 4.69) is 4.99 Å². The van der Waals surface area contributed by atoms with Gasteiger partial charge >= 0.3 is 0 Å². The monoisotopic (exact) mass is 249 g/mol. The second-order valence-electron chi connectivity index (χ2n) is 4.80. The van der Waals surface area contributed by atoms with Gasteiger partial charge in [-0.15, -0.1) is 0 Å². The number of anilines is 1. The van der Waals surface area contributed by atoms with E-state index in [0.29, 0.717) is 31.4 Å². The molecule has 1 fully saturated rings. The van der Waals surface area contributed by atoms with Crippen LogP contribution in [0.1, 0.15) is 12.8 Å². The van der Waals surface area contributed by atoms with E-state index >= 15 is 0 Å². The van der Waals surface area contributed by atoms with Crippen LogP contribution in [0.15, 0.2) is 29.3 Å². The Kier molecular flexibility index (Phi) is 2.70. The Balaban J connectivity index is 2.01. The topological polar surface area (TPSA) is 50.9 Å². The molecule has 2 aliphatic heterocycles. The molecule has 1 aromatic carbocycles. The van der Waals surface area contributed by atoms with Gasteiger partial charge < -0.3 is 15.4 Å². The molecule has 3 rings (SSSR count). The highest BCUT2D eigenvalue weighted by molar-refractivity contribution is 5.98. The number of guanidine groups is 1. The van der Waals surface area contributed by atoms with E-state index in [4.69, 9.17) is 10.5 Å². The standard InChI is InChI=1S/C13H16FN3O/c14-10-3-1-2-4-11(10)17-12(15)16-9-13(17)5-7-18-8-6-13/h1-4H,5-9H2,(H2,15,16). The molecule has 0 amide bonds. The zero-order chi connectivity index (χ0) is 12.6. The fourth-order valence-corrected chi connectivity index (χ4v) is 2.76. The van der Waals surface area contributed by atoms with Crippen LogP contribution in [-0.2, 0) is 4.74 Å². The van der Waals surface area contributed by atoms with Gasteiger partial charge in [0.15, 0.2) is 5.96 Å². The van der Waals surface area contributed by atoms with Gasteiger partial charge in [-0.2, -0.15) is 0 Å². The average Bonchev–Trinajstić information content (AvgIpc) is 2.69. The summed E-state index contributed by atoms with van der Waals surface area (Å²) in [6.07, 6.45) is 1.65. The smallest absolute Gasteiger partial charge is 0.196 e. The number of para-hydroxylation sites is 1. The highest BCUT2D eigenvalue weighted by atomic mass is 19.1. The third kappa shape index (κ3) is 1.66. The van der Waals surface area contributed by atoms with E-state index in [1.165, 1.54) is 6.07 Å². The van der Waals surface area contributed by atoms with Crippen molar-refractivity contribution in [3.8, 4) is 0 Å². The highest BCUT2D eigenvalue weighted by Crippen LogP contribution is 2.37. The second kappa shape index (κ2) is 4.24. The van der Waals surface area contributed by atoms with Gasteiger partial charge in [0, 0.05) is 13.2 Å². The third-order valence-electron chi connectivity index (χ3n) is 3.76. The van der Waals surface area contributed by atoms with Crippen molar-refractivity contribution in [3.05, 3.63) is 30.1 Å². The van der Waals surface area contributed by atoms with Gasteiger partial charge in [0.1, 0.15) is 5.82 Å². The van der Waals surface area contributed by atoms with E-state index in [1.54, 1.807) is 12.1 Å². The molecule has 4 nitrogen and oxygen atoms in total. The Morgan fingerprint density at radius 3 is 2.72 bits per heavy atom. The summed E-state index contributed by atoms with van der Waals surface area (Å²) in [5.41, 5.74) is 6.26. The molecule has 96 valence electrons. The van der Waals surface area contributed by atoms with Gasteiger partial charge in [0.05, 0.1) is 17.8 Å². The molecule has 2 N–H and O–H groups in total. The number of aliphatic imine (C=N–C) groups is 1. The lowest BCUT2D eigenvalue weighted by atomic mass is 9.88. The number of nitrogens with two attached hydrogens (primary N) is 1. The largest absolute Gasteiger partial charge is 0.381 e. The van der Waals surface area contributed by atoms with Gasteiger partial charge in [-0.25, -0.2) is 4.39 Å². The molecule has 18 heavy (non-hydrogen) atoms. The maximum Gasteiger partial charge on any atom is 0.196 e. The van der Waals surface area contributed by atoms with Gasteiger partial charge in [0.25, 0.3) is 0 Å². The van der Waals surface area contributed by atoms with Gasteiger partial charge in [-0.1, -0.05) is 12.1 Å². The summed E-state index contributed by atoms with van der Waals surface area (Å²) in [5.74, 6) is 0.144. The van der Waals surface area contributed by atoms with Crippen LogP contribution in [0, 0.1) is 5.82 Å². The lowest BCUT2D eigenvalue weighted by Crippen LogP contribution is -2.55. The Morgan fingerprint density at radius 2 is 2.00 bits per heavy atom. The minimum absolute atomic E-state index is 0.204. The normalized spacial score (nSPS) is 22.3. The molecule has 0 unspecified atom stereocenters. The molecule has 1 saturated heterocycles. The van der Waals surface area contributed by atoms with Crippen LogP contribution >= 0.6 is 0 Å². The van der Waals surface area contributed by atoms with Crippen LogP contribution in [0.25, 0.3) is 0 Å². The average molecular weight is 249 g/mol. The quantitative estimate of drug-likeness (QED) is 0.820. The molecule has 1 aromatic rings. The molecule has 0 saturated carbocycles. The molecule has 0 radical (unpaired) electrons. The molecular formula is C13H16FN3O. The van der Waals surface area contributed by atoms with E-state index in [1.807, 2.05) is 11.0 Å². The predicted molar refractivity (Wildman–Crippen MR) is 68.2 cm³/mol. The second-order valence-corrected chi connectivity index (χ2v) is 4.80. The lowest BCUT2D eigenvalue weighted by Gasteiger charge is -2.41. The minimum Gasteiger partial charge on any atom is -0.381 e. The molecule has 2 aliphatic rings. The van der Waals surface area contributed by atoms with Gasteiger partial charge in [-0.3, -0.25) is 4.99 Å². The van der Waals surface area contributed by atoms with Crippen molar-refractivity contribution < 1.29 is 9.13 Å². The summed E-state index contributed by atoms with van der Waals surface area (Å²) in [5, 5.41) is 0. The van der Waals surface area contributed by atoms with Crippen molar-refractivity contribution >= 4 is 11.6 Å². The third-order valence-corrected chi connectivity index (χ3v) is 3.76. The maximum atomic E-state index is 14.0. The van der Waals surface area contributed by atoms with Crippen LogP contribution in [0.4, 0.5) is 10.1 Å². The first kappa shape index (κ1) is 11.5. The fourth-order valence-electron chi connectivity index (χ4n) is 2.76. The molecule has 0 bridgehead atoms. The fraction of sp³-hybridized carbons (Fsp3) is 0.462. The minimum atomic E-state index is -0.261. The van der Waals surface area contributed by atoms with Crippen molar-refractivity contribution in [2.45, 2.75) is 18.4 Å². The molecular weight excluding hydrogens is 233 g/mol. The zero-order valence-electron chi connectivity index (χ0n) is 10.1. The van der Waals surface area contributed by atoms with E-state index in [9.17, 15) is 4.39 Å². The van der Waals surface area contributed by atoms with Crippen molar-refractivity contribution in [2.75, 3.05) is 24.7 Å². The Labute approximate surface area is 105 Å².